The van der Waals surface area contributed by atoms with Crippen LogP contribution in [0.25, 0.3) is 0 Å². The van der Waals surface area contributed by atoms with E-state index in [1.165, 1.54) is 0 Å². The summed E-state index contributed by atoms with van der Waals surface area (Å²) in [4.78, 5) is 38.4. The minimum absolute atomic E-state index is 0.0729. The lowest BCUT2D eigenvalue weighted by Crippen LogP contribution is -2.33. The number of hydrogen-bond acceptors (Lipinski definition) is 5. The second kappa shape index (κ2) is 7.56. The number of allylic oxidation sites excluding steroid dienone is 2. The summed E-state index contributed by atoms with van der Waals surface area (Å²) in [5, 5.41) is 0.478. The molecule has 0 spiro atoms. The van der Waals surface area contributed by atoms with Gasteiger partial charge in [-0.25, -0.2) is 4.79 Å². The lowest BCUT2D eigenvalue weighted by molar-refractivity contribution is -0.178. The van der Waals surface area contributed by atoms with Crippen LogP contribution < -0.4 is 0 Å². The lowest BCUT2D eigenvalue weighted by atomic mass is 10.2. The maximum atomic E-state index is 11.4. The van der Waals surface area contributed by atoms with Gasteiger partial charge in [0, 0.05) is 12.8 Å². The van der Waals surface area contributed by atoms with Crippen molar-refractivity contribution in [3.8, 4) is 0 Å². The van der Waals surface area contributed by atoms with Gasteiger partial charge in [0.15, 0.2) is 0 Å². The Morgan fingerprint density at radius 2 is 1.95 bits per heavy atom. The number of carbonyl (C=O) groups is 3. The second-order valence-corrected chi connectivity index (χ2v) is 4.31. The first-order valence-corrected chi connectivity index (χ1v) is 6.44. The molecule has 1 atom stereocenters. The van der Waals surface area contributed by atoms with E-state index in [1.807, 2.05) is 19.1 Å². The molecular formula is C13H19NO5. The van der Waals surface area contributed by atoms with Crippen molar-refractivity contribution in [2.75, 3.05) is 0 Å². The van der Waals surface area contributed by atoms with Crippen LogP contribution in [0.1, 0.15) is 46.0 Å². The first-order valence-electron chi connectivity index (χ1n) is 6.44. The van der Waals surface area contributed by atoms with E-state index >= 15 is 0 Å². The number of hydroxylamine groups is 2. The highest BCUT2D eigenvalue weighted by atomic mass is 16.8. The fourth-order valence-electron chi connectivity index (χ4n) is 1.59. The molecular weight excluding hydrogens is 250 g/mol. The molecule has 0 bridgehead atoms. The lowest BCUT2D eigenvalue weighted by Gasteiger charge is -2.15. The summed E-state index contributed by atoms with van der Waals surface area (Å²) in [5.41, 5.74) is 0. The molecule has 1 unspecified atom stereocenters. The van der Waals surface area contributed by atoms with E-state index in [9.17, 15) is 14.4 Å². The second-order valence-electron chi connectivity index (χ2n) is 4.31. The molecule has 0 aromatic rings. The molecule has 1 saturated heterocycles. The van der Waals surface area contributed by atoms with Gasteiger partial charge in [-0.05, 0) is 26.2 Å². The summed E-state index contributed by atoms with van der Waals surface area (Å²) >= 11 is 0. The van der Waals surface area contributed by atoms with Gasteiger partial charge in [0.2, 0.25) is 0 Å². The molecule has 0 N–H and O–H groups in total. The normalized spacial score (nSPS) is 17.1. The Balaban J connectivity index is 2.28. The molecule has 0 aromatic carbocycles. The molecule has 19 heavy (non-hydrogen) atoms. The van der Waals surface area contributed by atoms with Gasteiger partial charge >= 0.3 is 6.16 Å². The van der Waals surface area contributed by atoms with E-state index in [1.54, 1.807) is 6.92 Å². The van der Waals surface area contributed by atoms with E-state index in [0.29, 0.717) is 11.5 Å². The number of rotatable bonds is 6. The Kier molecular flexibility index (Phi) is 6.05. The van der Waals surface area contributed by atoms with Gasteiger partial charge < -0.3 is 4.74 Å². The minimum atomic E-state index is -1.02. The topological polar surface area (TPSA) is 72.9 Å². The Morgan fingerprint density at radius 1 is 1.32 bits per heavy atom. The molecule has 1 rings (SSSR count). The predicted molar refractivity (Wildman–Crippen MR) is 66.8 cm³/mol. The highest BCUT2D eigenvalue weighted by Gasteiger charge is 2.33. The van der Waals surface area contributed by atoms with E-state index in [4.69, 9.17) is 4.74 Å². The zero-order chi connectivity index (χ0) is 14.3. The largest absolute Gasteiger partial charge is 0.534 e. The summed E-state index contributed by atoms with van der Waals surface area (Å²) in [6, 6.07) is 0. The number of ether oxygens (including phenoxy) is 1. The molecule has 1 heterocycles. The van der Waals surface area contributed by atoms with Crippen LogP contribution in [0.4, 0.5) is 4.79 Å². The number of imide groups is 1. The fraction of sp³-hybridized carbons (Fsp3) is 0.615. The van der Waals surface area contributed by atoms with Crippen molar-refractivity contribution in [2.24, 2.45) is 0 Å². The van der Waals surface area contributed by atoms with Crippen LogP contribution in [0.3, 0.4) is 0 Å². The number of hydrogen-bond donors (Lipinski definition) is 0. The van der Waals surface area contributed by atoms with E-state index < -0.39 is 18.0 Å². The van der Waals surface area contributed by atoms with Crippen molar-refractivity contribution in [2.45, 2.75) is 52.1 Å². The zero-order valence-electron chi connectivity index (χ0n) is 11.3. The molecule has 0 aliphatic carbocycles. The first kappa shape index (κ1) is 15.2. The maximum absolute atomic E-state index is 11.4. The molecule has 1 fully saturated rings. The first-order chi connectivity index (χ1) is 9.04. The van der Waals surface area contributed by atoms with Crippen molar-refractivity contribution in [1.82, 2.24) is 5.06 Å². The molecule has 1 aliphatic heterocycles. The molecule has 2 amide bonds. The van der Waals surface area contributed by atoms with Gasteiger partial charge in [0.25, 0.3) is 11.8 Å². The third kappa shape index (κ3) is 5.11. The molecule has 106 valence electrons. The SMILES string of the molecule is CC/C=C/CCC(C)OC(=O)ON1C(=O)CCC1=O. The number of carbonyl (C=O) groups excluding carboxylic acids is 3. The van der Waals surface area contributed by atoms with Crippen LogP contribution in [-0.2, 0) is 19.2 Å². The fourth-order valence-corrected chi connectivity index (χ4v) is 1.59. The molecule has 1 aliphatic rings. The van der Waals surface area contributed by atoms with Crippen LogP contribution in [0, 0.1) is 0 Å². The molecule has 6 nitrogen and oxygen atoms in total. The molecule has 6 heteroatoms. The minimum Gasteiger partial charge on any atom is -0.430 e. The average molecular weight is 269 g/mol. The quantitative estimate of drug-likeness (QED) is 0.420. The van der Waals surface area contributed by atoms with Gasteiger partial charge in [-0.3, -0.25) is 14.4 Å². The molecule has 0 saturated carbocycles. The van der Waals surface area contributed by atoms with Gasteiger partial charge in [0.05, 0.1) is 0 Å². The van der Waals surface area contributed by atoms with Crippen molar-refractivity contribution >= 4 is 18.0 Å². The van der Waals surface area contributed by atoms with Crippen LogP contribution >= 0.6 is 0 Å². The smallest absolute Gasteiger partial charge is 0.430 e. The summed E-state index contributed by atoms with van der Waals surface area (Å²) in [6.45, 7) is 3.77. The number of nitrogens with zero attached hydrogens (tertiary/aromatic N) is 1. The van der Waals surface area contributed by atoms with Crippen LogP contribution in [-0.4, -0.2) is 29.1 Å². The van der Waals surface area contributed by atoms with Crippen LogP contribution in [0.5, 0.6) is 0 Å². The van der Waals surface area contributed by atoms with Crippen molar-refractivity contribution in [1.29, 1.82) is 0 Å². The molecule has 0 aromatic heterocycles. The van der Waals surface area contributed by atoms with Gasteiger partial charge in [-0.2, -0.15) is 0 Å². The van der Waals surface area contributed by atoms with Crippen molar-refractivity contribution < 1.29 is 24.0 Å². The summed E-state index contributed by atoms with van der Waals surface area (Å²) in [6.07, 6.45) is 5.27. The average Bonchev–Trinajstić information content (AvgIpc) is 2.66. The third-order valence-corrected chi connectivity index (χ3v) is 2.61. The van der Waals surface area contributed by atoms with E-state index in [0.717, 1.165) is 12.8 Å². The standard InChI is InChI=1S/C13H19NO5/c1-3-4-5-6-7-10(2)18-13(17)19-14-11(15)8-9-12(14)16/h4-5,10H,3,6-9H2,1-2H3/b5-4+. The van der Waals surface area contributed by atoms with Gasteiger partial charge in [0.1, 0.15) is 6.10 Å². The van der Waals surface area contributed by atoms with Gasteiger partial charge in [-0.1, -0.05) is 24.1 Å². The summed E-state index contributed by atoms with van der Waals surface area (Å²) in [7, 11) is 0. The highest BCUT2D eigenvalue weighted by molar-refractivity contribution is 6.01. The summed E-state index contributed by atoms with van der Waals surface area (Å²) < 4.78 is 4.95. The Bertz CT molecular complexity index is 361. The van der Waals surface area contributed by atoms with E-state index in [-0.39, 0.29) is 18.9 Å². The van der Waals surface area contributed by atoms with Gasteiger partial charge in [-0.15, -0.1) is 0 Å². The maximum Gasteiger partial charge on any atom is 0.534 e. The molecule has 0 radical (unpaired) electrons. The Morgan fingerprint density at radius 3 is 2.53 bits per heavy atom. The van der Waals surface area contributed by atoms with Crippen LogP contribution in [0.2, 0.25) is 0 Å². The third-order valence-electron chi connectivity index (χ3n) is 2.61. The summed E-state index contributed by atoms with van der Waals surface area (Å²) in [5.74, 6) is -1.03. The Labute approximate surface area is 112 Å². The van der Waals surface area contributed by atoms with Crippen molar-refractivity contribution in [3.63, 3.8) is 0 Å². The predicted octanol–water partition coefficient (Wildman–Crippen LogP) is 2.34. The number of amides is 2. The zero-order valence-corrected chi connectivity index (χ0v) is 11.3. The van der Waals surface area contributed by atoms with E-state index in [2.05, 4.69) is 4.84 Å². The monoisotopic (exact) mass is 269 g/mol. The van der Waals surface area contributed by atoms with Crippen molar-refractivity contribution in [3.05, 3.63) is 12.2 Å². The Hall–Kier alpha value is -1.85. The highest BCUT2D eigenvalue weighted by Crippen LogP contribution is 2.13. The van der Waals surface area contributed by atoms with Crippen LogP contribution in [0.15, 0.2) is 12.2 Å².